The summed E-state index contributed by atoms with van der Waals surface area (Å²) in [5.41, 5.74) is -0.618. The molecule has 0 radical (unpaired) electrons. The number of phenolic OH excluding ortho intramolecular Hbond substituents is 1. The fourth-order valence-corrected chi connectivity index (χ4v) is 0.896. The van der Waals surface area contributed by atoms with Crippen LogP contribution in [0.3, 0.4) is 0 Å². The molecule has 0 aliphatic heterocycles. The summed E-state index contributed by atoms with van der Waals surface area (Å²) in [6.07, 6.45) is 0. The van der Waals surface area contributed by atoms with Crippen LogP contribution in [0, 0.1) is 11.6 Å². The molecule has 0 aromatic heterocycles. The summed E-state index contributed by atoms with van der Waals surface area (Å²) in [5.74, 6) is -3.32. The van der Waals surface area contributed by atoms with E-state index in [0.717, 1.165) is 6.92 Å². The van der Waals surface area contributed by atoms with Crippen LogP contribution in [0.15, 0.2) is 12.1 Å². The smallest absolute Gasteiger partial charge is 0.165 e. The fourth-order valence-electron chi connectivity index (χ4n) is 0.896. The van der Waals surface area contributed by atoms with Crippen LogP contribution >= 0.6 is 0 Å². The van der Waals surface area contributed by atoms with Gasteiger partial charge in [-0.15, -0.1) is 0 Å². The van der Waals surface area contributed by atoms with Gasteiger partial charge in [0.05, 0.1) is 5.56 Å². The van der Waals surface area contributed by atoms with Gasteiger partial charge in [0.1, 0.15) is 17.4 Å². The minimum atomic E-state index is -1.04. The second-order valence-corrected chi connectivity index (χ2v) is 2.34. The normalized spacial score (nSPS) is 9.92. The average molecular weight is 172 g/mol. The Hall–Kier alpha value is -1.45. The maximum Gasteiger partial charge on any atom is 0.165 e. The van der Waals surface area contributed by atoms with Crippen LogP contribution in [-0.4, -0.2) is 10.9 Å². The largest absolute Gasteiger partial charge is 0.508 e. The molecular formula is C8H6F2O2. The van der Waals surface area contributed by atoms with Crippen molar-refractivity contribution in [3.8, 4) is 5.75 Å². The van der Waals surface area contributed by atoms with Crippen molar-refractivity contribution in [3.63, 3.8) is 0 Å². The van der Waals surface area contributed by atoms with E-state index in [1.165, 1.54) is 0 Å². The van der Waals surface area contributed by atoms with Crippen LogP contribution in [0.2, 0.25) is 0 Å². The Balaban J connectivity index is 3.38. The third-order valence-electron chi connectivity index (χ3n) is 1.38. The molecule has 4 heteroatoms. The number of benzene rings is 1. The predicted octanol–water partition coefficient (Wildman–Crippen LogP) is 1.87. The zero-order valence-corrected chi connectivity index (χ0v) is 6.27. The lowest BCUT2D eigenvalue weighted by Gasteiger charge is -2.00. The van der Waals surface area contributed by atoms with Gasteiger partial charge >= 0.3 is 0 Å². The Morgan fingerprint density at radius 3 is 2.08 bits per heavy atom. The van der Waals surface area contributed by atoms with Crippen molar-refractivity contribution in [1.29, 1.82) is 0 Å². The highest BCUT2D eigenvalue weighted by molar-refractivity contribution is 5.94. The van der Waals surface area contributed by atoms with Crippen molar-refractivity contribution in [3.05, 3.63) is 29.3 Å². The molecule has 0 aliphatic rings. The van der Waals surface area contributed by atoms with Gasteiger partial charge in [0, 0.05) is 12.1 Å². The SMILES string of the molecule is CC(=O)c1c(F)cc(O)cc1F. The van der Waals surface area contributed by atoms with Crippen LogP contribution in [-0.2, 0) is 0 Å². The van der Waals surface area contributed by atoms with E-state index in [1.54, 1.807) is 0 Å². The Kier molecular flexibility index (Phi) is 2.08. The first-order valence-corrected chi connectivity index (χ1v) is 3.21. The number of Topliss-reactive ketones (excluding diaryl/α,β-unsaturated/α-hetero) is 1. The van der Waals surface area contributed by atoms with Gasteiger partial charge in [0.15, 0.2) is 5.78 Å². The summed E-state index contributed by atoms with van der Waals surface area (Å²) in [5, 5.41) is 8.71. The fraction of sp³-hybridized carbons (Fsp3) is 0.125. The van der Waals surface area contributed by atoms with Gasteiger partial charge in [-0.25, -0.2) is 8.78 Å². The Morgan fingerprint density at radius 2 is 1.75 bits per heavy atom. The minimum Gasteiger partial charge on any atom is -0.508 e. The van der Waals surface area contributed by atoms with E-state index >= 15 is 0 Å². The molecule has 1 aromatic rings. The molecule has 0 saturated carbocycles. The number of halogens is 2. The summed E-state index contributed by atoms with van der Waals surface area (Å²) in [6, 6.07) is 1.39. The lowest BCUT2D eigenvalue weighted by Crippen LogP contribution is -2.00. The summed E-state index contributed by atoms with van der Waals surface area (Å²) < 4.78 is 25.5. The molecule has 1 aromatic carbocycles. The van der Waals surface area contributed by atoms with Gasteiger partial charge in [0.2, 0.25) is 0 Å². The first-order valence-electron chi connectivity index (χ1n) is 3.21. The number of carbonyl (C=O) groups excluding carboxylic acids is 1. The lowest BCUT2D eigenvalue weighted by atomic mass is 10.1. The predicted molar refractivity (Wildman–Crippen MR) is 38.0 cm³/mol. The molecule has 64 valence electrons. The molecular weight excluding hydrogens is 166 g/mol. The minimum absolute atomic E-state index is 0.532. The van der Waals surface area contributed by atoms with Gasteiger partial charge < -0.3 is 5.11 Å². The molecule has 12 heavy (non-hydrogen) atoms. The highest BCUT2D eigenvalue weighted by Crippen LogP contribution is 2.19. The number of carbonyl (C=O) groups is 1. The maximum absolute atomic E-state index is 12.7. The van der Waals surface area contributed by atoms with Crippen LogP contribution in [0.25, 0.3) is 0 Å². The molecule has 2 nitrogen and oxygen atoms in total. The number of ketones is 1. The van der Waals surface area contributed by atoms with Crippen LogP contribution in [0.5, 0.6) is 5.75 Å². The quantitative estimate of drug-likeness (QED) is 0.656. The molecule has 1 N–H and O–H groups in total. The van der Waals surface area contributed by atoms with Gasteiger partial charge in [-0.05, 0) is 6.92 Å². The van der Waals surface area contributed by atoms with E-state index in [-0.39, 0.29) is 0 Å². The Bertz CT molecular complexity index is 311. The third-order valence-corrected chi connectivity index (χ3v) is 1.38. The van der Waals surface area contributed by atoms with E-state index in [2.05, 4.69) is 0 Å². The van der Waals surface area contributed by atoms with Crippen molar-refractivity contribution in [2.45, 2.75) is 6.92 Å². The molecule has 0 amide bonds. The Morgan fingerprint density at radius 1 is 1.33 bits per heavy atom. The first-order chi connectivity index (χ1) is 5.52. The second-order valence-electron chi connectivity index (χ2n) is 2.34. The summed E-state index contributed by atoms with van der Waals surface area (Å²) in [7, 11) is 0. The Labute approximate surface area is 67.4 Å². The van der Waals surface area contributed by atoms with Crippen molar-refractivity contribution < 1.29 is 18.7 Å². The number of hydrogen-bond acceptors (Lipinski definition) is 2. The zero-order chi connectivity index (χ0) is 9.30. The van der Waals surface area contributed by atoms with E-state index in [1.807, 2.05) is 0 Å². The second kappa shape index (κ2) is 2.89. The average Bonchev–Trinajstić information content (AvgIpc) is 1.82. The van der Waals surface area contributed by atoms with Gasteiger partial charge in [-0.2, -0.15) is 0 Å². The van der Waals surface area contributed by atoms with Crippen molar-refractivity contribution in [2.24, 2.45) is 0 Å². The first kappa shape index (κ1) is 8.64. The van der Waals surface area contributed by atoms with Crippen molar-refractivity contribution in [2.75, 3.05) is 0 Å². The molecule has 0 unspecified atom stereocenters. The molecule has 0 bridgehead atoms. The molecule has 0 fully saturated rings. The zero-order valence-electron chi connectivity index (χ0n) is 6.27. The van der Waals surface area contributed by atoms with E-state index < -0.39 is 28.7 Å². The molecule has 0 heterocycles. The highest BCUT2D eigenvalue weighted by atomic mass is 19.1. The van der Waals surface area contributed by atoms with E-state index in [9.17, 15) is 13.6 Å². The lowest BCUT2D eigenvalue weighted by molar-refractivity contribution is 0.101. The number of rotatable bonds is 1. The van der Waals surface area contributed by atoms with Gasteiger partial charge in [-0.3, -0.25) is 4.79 Å². The van der Waals surface area contributed by atoms with E-state index in [0.29, 0.717) is 12.1 Å². The molecule has 0 atom stereocenters. The van der Waals surface area contributed by atoms with Gasteiger partial charge in [0.25, 0.3) is 0 Å². The number of aromatic hydroxyl groups is 1. The van der Waals surface area contributed by atoms with Crippen LogP contribution < -0.4 is 0 Å². The van der Waals surface area contributed by atoms with Crippen molar-refractivity contribution >= 4 is 5.78 Å². The summed E-state index contributed by atoms with van der Waals surface area (Å²) in [6.45, 7) is 1.05. The maximum atomic E-state index is 12.7. The summed E-state index contributed by atoms with van der Waals surface area (Å²) in [4.78, 5) is 10.6. The third kappa shape index (κ3) is 1.42. The van der Waals surface area contributed by atoms with Crippen LogP contribution in [0.1, 0.15) is 17.3 Å². The van der Waals surface area contributed by atoms with Crippen LogP contribution in [0.4, 0.5) is 8.78 Å². The molecule has 0 spiro atoms. The number of phenols is 1. The van der Waals surface area contributed by atoms with Gasteiger partial charge in [-0.1, -0.05) is 0 Å². The standard InChI is InChI=1S/C8H6F2O2/c1-4(11)8-6(9)2-5(12)3-7(8)10/h2-3,12H,1H3. The highest BCUT2D eigenvalue weighted by Gasteiger charge is 2.14. The van der Waals surface area contributed by atoms with Crippen molar-refractivity contribution in [1.82, 2.24) is 0 Å². The molecule has 0 saturated heterocycles. The molecule has 1 rings (SSSR count). The molecule has 0 aliphatic carbocycles. The van der Waals surface area contributed by atoms with E-state index in [4.69, 9.17) is 5.11 Å². The number of hydrogen-bond donors (Lipinski definition) is 1. The monoisotopic (exact) mass is 172 g/mol. The topological polar surface area (TPSA) is 37.3 Å². The summed E-state index contributed by atoms with van der Waals surface area (Å²) >= 11 is 0.